The molecule has 0 radical (unpaired) electrons. The molecule has 1 heterocycles. The van der Waals surface area contributed by atoms with E-state index in [4.69, 9.17) is 0 Å². The molecule has 0 aliphatic carbocycles. The van der Waals surface area contributed by atoms with Gasteiger partial charge in [-0.2, -0.15) is 0 Å². The summed E-state index contributed by atoms with van der Waals surface area (Å²) in [5, 5.41) is 3.24. The van der Waals surface area contributed by atoms with Gasteiger partial charge in [-0.25, -0.2) is 0 Å². The number of hydrogen-bond donors (Lipinski definition) is 1. The third-order valence-corrected chi connectivity index (χ3v) is 2.62. The van der Waals surface area contributed by atoms with Gasteiger partial charge in [0.25, 0.3) is 0 Å². The van der Waals surface area contributed by atoms with Crippen LogP contribution in [0, 0.1) is 0 Å². The van der Waals surface area contributed by atoms with E-state index in [0.29, 0.717) is 12.5 Å². The van der Waals surface area contributed by atoms with Crippen LogP contribution < -0.4 is 5.32 Å². The second kappa shape index (κ2) is 5.98. The van der Waals surface area contributed by atoms with Crippen molar-refractivity contribution in [1.29, 1.82) is 0 Å². The summed E-state index contributed by atoms with van der Waals surface area (Å²) in [6.07, 6.45) is 1.64. The van der Waals surface area contributed by atoms with Gasteiger partial charge in [0.1, 0.15) is 0 Å². The molecule has 0 amide bonds. The van der Waals surface area contributed by atoms with Crippen LogP contribution in [0.3, 0.4) is 0 Å². The molecule has 1 saturated heterocycles. The average molecular weight is 200 g/mol. The van der Waals surface area contributed by atoms with Crippen LogP contribution >= 0.6 is 0 Å². The molecule has 1 aliphatic heterocycles. The summed E-state index contributed by atoms with van der Waals surface area (Å²) in [7, 11) is 1.44. The smallest absolute Gasteiger partial charge is 0.306 e. The normalized spacial score (nSPS) is 16.8. The van der Waals surface area contributed by atoms with E-state index in [-0.39, 0.29) is 5.97 Å². The van der Waals surface area contributed by atoms with Gasteiger partial charge in [-0.1, -0.05) is 6.92 Å². The summed E-state index contributed by atoms with van der Waals surface area (Å²) in [5.41, 5.74) is 0. The first-order valence-electron chi connectivity index (χ1n) is 5.29. The minimum Gasteiger partial charge on any atom is -0.469 e. The van der Waals surface area contributed by atoms with Crippen LogP contribution in [0.2, 0.25) is 0 Å². The molecule has 0 unspecified atom stereocenters. The van der Waals surface area contributed by atoms with E-state index >= 15 is 0 Å². The molecule has 4 nitrogen and oxygen atoms in total. The van der Waals surface area contributed by atoms with Crippen molar-refractivity contribution in [1.82, 2.24) is 10.2 Å². The topological polar surface area (TPSA) is 41.6 Å². The Morgan fingerprint density at radius 2 is 2.21 bits per heavy atom. The van der Waals surface area contributed by atoms with Crippen LogP contribution in [0.4, 0.5) is 0 Å². The minimum atomic E-state index is -0.113. The number of nitrogens with zero attached hydrogens (tertiary/aromatic N) is 1. The van der Waals surface area contributed by atoms with Crippen LogP contribution in [0.5, 0.6) is 0 Å². The quantitative estimate of drug-likeness (QED) is 0.623. The molecule has 82 valence electrons. The minimum absolute atomic E-state index is 0.113. The molecule has 0 atom stereocenters. The molecule has 1 N–H and O–H groups in total. The lowest BCUT2D eigenvalue weighted by Gasteiger charge is -2.38. The second-order valence-electron chi connectivity index (χ2n) is 3.67. The third kappa shape index (κ3) is 3.27. The largest absolute Gasteiger partial charge is 0.469 e. The van der Waals surface area contributed by atoms with Gasteiger partial charge in [0.05, 0.1) is 13.5 Å². The fourth-order valence-corrected chi connectivity index (χ4v) is 1.63. The van der Waals surface area contributed by atoms with Crippen molar-refractivity contribution in [3.8, 4) is 0 Å². The maximum Gasteiger partial charge on any atom is 0.306 e. The lowest BCUT2D eigenvalue weighted by Crippen LogP contribution is -2.57. The number of methoxy groups -OCH3 is 1. The molecule has 0 aromatic rings. The molecule has 0 bridgehead atoms. The Balaban J connectivity index is 2.23. The van der Waals surface area contributed by atoms with Crippen molar-refractivity contribution in [3.05, 3.63) is 0 Å². The molecule has 0 spiro atoms. The number of carbonyl (C=O) groups is 1. The molecule has 0 saturated carbocycles. The van der Waals surface area contributed by atoms with E-state index in [9.17, 15) is 4.79 Å². The Morgan fingerprint density at radius 1 is 1.50 bits per heavy atom. The van der Waals surface area contributed by atoms with Crippen molar-refractivity contribution in [2.75, 3.05) is 33.3 Å². The summed E-state index contributed by atoms with van der Waals surface area (Å²) in [5.74, 6) is -0.113. The fourth-order valence-electron chi connectivity index (χ4n) is 1.63. The number of esters is 1. The Bertz CT molecular complexity index is 181. The van der Waals surface area contributed by atoms with Gasteiger partial charge in [0.15, 0.2) is 0 Å². The molecule has 1 rings (SSSR count). The predicted molar refractivity (Wildman–Crippen MR) is 55.2 cm³/mol. The SMILES string of the molecule is CCCN(CCC(=O)OC)C1CNC1. The Morgan fingerprint density at radius 3 is 2.64 bits per heavy atom. The summed E-state index contributed by atoms with van der Waals surface area (Å²) < 4.78 is 4.63. The van der Waals surface area contributed by atoms with Crippen molar-refractivity contribution in [2.24, 2.45) is 0 Å². The number of nitrogens with one attached hydrogen (secondary N) is 1. The van der Waals surface area contributed by atoms with Crippen LogP contribution in [-0.2, 0) is 9.53 Å². The molecule has 1 fully saturated rings. The fraction of sp³-hybridized carbons (Fsp3) is 0.900. The first-order valence-corrected chi connectivity index (χ1v) is 5.29. The highest BCUT2D eigenvalue weighted by atomic mass is 16.5. The van der Waals surface area contributed by atoms with Crippen molar-refractivity contribution < 1.29 is 9.53 Å². The second-order valence-corrected chi connectivity index (χ2v) is 3.67. The van der Waals surface area contributed by atoms with E-state index in [1.165, 1.54) is 7.11 Å². The predicted octanol–water partition coefficient (Wildman–Crippen LogP) is 0.233. The van der Waals surface area contributed by atoms with Crippen LogP contribution in [0.1, 0.15) is 19.8 Å². The van der Waals surface area contributed by atoms with E-state index < -0.39 is 0 Å². The zero-order chi connectivity index (χ0) is 10.4. The van der Waals surface area contributed by atoms with E-state index in [0.717, 1.165) is 32.6 Å². The number of hydrogen-bond acceptors (Lipinski definition) is 4. The Hall–Kier alpha value is -0.610. The number of rotatable bonds is 6. The van der Waals surface area contributed by atoms with Gasteiger partial charge in [0.2, 0.25) is 0 Å². The van der Waals surface area contributed by atoms with Crippen molar-refractivity contribution >= 4 is 5.97 Å². The Kier molecular flexibility index (Phi) is 4.90. The lowest BCUT2D eigenvalue weighted by molar-refractivity contribution is -0.141. The van der Waals surface area contributed by atoms with Gasteiger partial charge in [0, 0.05) is 25.7 Å². The summed E-state index contributed by atoms with van der Waals surface area (Å²) in [6, 6.07) is 0.625. The molecular formula is C10H20N2O2. The zero-order valence-electron chi connectivity index (χ0n) is 9.08. The van der Waals surface area contributed by atoms with E-state index in [2.05, 4.69) is 21.9 Å². The van der Waals surface area contributed by atoms with Crippen molar-refractivity contribution in [3.63, 3.8) is 0 Å². The van der Waals surface area contributed by atoms with Crippen LogP contribution in [-0.4, -0.2) is 50.2 Å². The van der Waals surface area contributed by atoms with Crippen molar-refractivity contribution in [2.45, 2.75) is 25.8 Å². The van der Waals surface area contributed by atoms with E-state index in [1.807, 2.05) is 0 Å². The molecular weight excluding hydrogens is 180 g/mol. The maximum atomic E-state index is 11.0. The third-order valence-electron chi connectivity index (χ3n) is 2.62. The standard InChI is InChI=1S/C10H20N2O2/c1-3-5-12(9-7-11-8-9)6-4-10(13)14-2/h9,11H,3-8H2,1-2H3. The monoisotopic (exact) mass is 200 g/mol. The first-order chi connectivity index (χ1) is 6.77. The van der Waals surface area contributed by atoms with Gasteiger partial charge in [-0.3, -0.25) is 9.69 Å². The van der Waals surface area contributed by atoms with Gasteiger partial charge < -0.3 is 10.1 Å². The zero-order valence-corrected chi connectivity index (χ0v) is 9.08. The highest BCUT2D eigenvalue weighted by Crippen LogP contribution is 2.06. The molecule has 14 heavy (non-hydrogen) atoms. The number of ether oxygens (including phenoxy) is 1. The van der Waals surface area contributed by atoms with Gasteiger partial charge >= 0.3 is 5.97 Å². The molecule has 1 aliphatic rings. The van der Waals surface area contributed by atoms with E-state index in [1.54, 1.807) is 0 Å². The van der Waals surface area contributed by atoms with Gasteiger partial charge in [-0.05, 0) is 13.0 Å². The van der Waals surface area contributed by atoms with Crippen LogP contribution in [0.25, 0.3) is 0 Å². The number of carbonyl (C=O) groups excluding carboxylic acids is 1. The highest BCUT2D eigenvalue weighted by Gasteiger charge is 2.23. The summed E-state index contributed by atoms with van der Waals surface area (Å²) >= 11 is 0. The van der Waals surface area contributed by atoms with Gasteiger partial charge in [-0.15, -0.1) is 0 Å². The Labute approximate surface area is 85.6 Å². The first kappa shape index (κ1) is 11.5. The lowest BCUT2D eigenvalue weighted by atomic mass is 10.1. The molecule has 4 heteroatoms. The maximum absolute atomic E-state index is 11.0. The molecule has 0 aromatic heterocycles. The highest BCUT2D eigenvalue weighted by molar-refractivity contribution is 5.69. The average Bonchev–Trinajstić information content (AvgIpc) is 2.11. The molecule has 0 aromatic carbocycles. The summed E-state index contributed by atoms with van der Waals surface area (Å²) in [4.78, 5) is 13.4. The summed E-state index contributed by atoms with van der Waals surface area (Å²) in [6.45, 7) is 6.18. The van der Waals surface area contributed by atoms with Crippen LogP contribution in [0.15, 0.2) is 0 Å².